The van der Waals surface area contributed by atoms with Gasteiger partial charge >= 0.3 is 12.8 Å². The largest absolute Gasteiger partial charge is 0.431 e. The van der Waals surface area contributed by atoms with Crippen LogP contribution in [0.4, 0.5) is 27.8 Å². The minimum absolute atomic E-state index is 0.191. The number of fused-ring (bicyclic) bond motifs is 1. The van der Waals surface area contributed by atoms with Gasteiger partial charge in [0.25, 0.3) is 0 Å². The fourth-order valence-electron chi connectivity index (χ4n) is 2.90. The van der Waals surface area contributed by atoms with Crippen molar-refractivity contribution in [1.29, 1.82) is 0 Å². The van der Waals surface area contributed by atoms with Gasteiger partial charge in [-0.3, -0.25) is 0 Å². The Morgan fingerprint density at radius 2 is 2.04 bits per heavy atom. The van der Waals surface area contributed by atoms with E-state index in [9.17, 15) is 22.0 Å². The molecule has 1 aliphatic rings. The van der Waals surface area contributed by atoms with Gasteiger partial charge in [-0.15, -0.1) is 0 Å². The van der Waals surface area contributed by atoms with Crippen molar-refractivity contribution in [3.05, 3.63) is 46.4 Å². The van der Waals surface area contributed by atoms with Gasteiger partial charge in [0.1, 0.15) is 5.15 Å². The number of nitrogens with zero attached hydrogens (tertiary/aromatic N) is 2. The second-order valence-corrected chi connectivity index (χ2v) is 6.06. The zero-order valence-corrected chi connectivity index (χ0v) is 13.9. The Morgan fingerprint density at radius 1 is 1.27 bits per heavy atom. The third-order valence-electron chi connectivity index (χ3n) is 4.04. The minimum atomic E-state index is -4.72. The topological polar surface area (TPSA) is 47.0 Å². The molecule has 0 aromatic carbocycles. The summed E-state index contributed by atoms with van der Waals surface area (Å²) in [7, 11) is 0. The maximum absolute atomic E-state index is 12.8. The van der Waals surface area contributed by atoms with Gasteiger partial charge in [-0.1, -0.05) is 11.6 Å². The van der Waals surface area contributed by atoms with Crippen LogP contribution in [0.1, 0.15) is 35.6 Å². The highest BCUT2D eigenvalue weighted by molar-refractivity contribution is 6.30. The van der Waals surface area contributed by atoms with Crippen molar-refractivity contribution in [3.8, 4) is 5.75 Å². The molecule has 1 N–H and O–H groups in total. The molecule has 0 radical (unpaired) electrons. The highest BCUT2D eigenvalue weighted by Crippen LogP contribution is 2.39. The summed E-state index contributed by atoms with van der Waals surface area (Å²) in [4.78, 5) is 7.65. The summed E-state index contributed by atoms with van der Waals surface area (Å²) in [5.41, 5.74) is 0.456. The van der Waals surface area contributed by atoms with Crippen molar-refractivity contribution in [1.82, 2.24) is 9.97 Å². The Balaban J connectivity index is 1.94. The molecule has 10 heteroatoms. The molecule has 1 aliphatic carbocycles. The van der Waals surface area contributed by atoms with Gasteiger partial charge in [0.05, 0.1) is 11.6 Å². The first kappa shape index (κ1) is 18.6. The summed E-state index contributed by atoms with van der Waals surface area (Å²) in [6.45, 7) is -3.28. The molecule has 1 atom stereocenters. The fourth-order valence-corrected chi connectivity index (χ4v) is 3.16. The highest BCUT2D eigenvalue weighted by Gasteiger charge is 2.33. The summed E-state index contributed by atoms with van der Waals surface area (Å²) in [5.74, 6) is -0.855. The average molecular weight is 394 g/mol. The standard InChI is InChI=1S/C16H13ClF5N3O/c17-13-10-2-1-3-11(9(10)4-5-23-13)25-14-12(26-15(18)19)6-8(7-24-14)16(20,21)22/h4-7,11,15H,1-3H2,(H,24,25). The number of hydrogen-bond donors (Lipinski definition) is 1. The van der Waals surface area contributed by atoms with Gasteiger partial charge in [-0.05, 0) is 42.5 Å². The molecule has 140 valence electrons. The van der Waals surface area contributed by atoms with E-state index in [0.717, 1.165) is 17.5 Å². The van der Waals surface area contributed by atoms with Crippen LogP contribution >= 0.6 is 11.6 Å². The number of halogens is 6. The van der Waals surface area contributed by atoms with Crippen molar-refractivity contribution < 1.29 is 26.7 Å². The Bertz CT molecular complexity index is 800. The minimum Gasteiger partial charge on any atom is -0.431 e. The molecule has 2 heterocycles. The van der Waals surface area contributed by atoms with E-state index in [2.05, 4.69) is 20.0 Å². The summed E-state index contributed by atoms with van der Waals surface area (Å²) >= 11 is 6.08. The van der Waals surface area contributed by atoms with Crippen LogP contribution in [-0.2, 0) is 12.6 Å². The normalized spacial score (nSPS) is 17.1. The smallest absolute Gasteiger partial charge is 0.418 e. The van der Waals surface area contributed by atoms with E-state index in [1.807, 2.05) is 0 Å². The van der Waals surface area contributed by atoms with Crippen LogP contribution in [0.15, 0.2) is 24.5 Å². The zero-order valence-electron chi connectivity index (χ0n) is 13.2. The Morgan fingerprint density at radius 3 is 2.73 bits per heavy atom. The highest BCUT2D eigenvalue weighted by atomic mass is 35.5. The van der Waals surface area contributed by atoms with Crippen LogP contribution in [-0.4, -0.2) is 16.6 Å². The number of alkyl halides is 5. The molecule has 4 nitrogen and oxygen atoms in total. The van der Waals surface area contributed by atoms with Crippen LogP contribution in [0, 0.1) is 0 Å². The monoisotopic (exact) mass is 393 g/mol. The first-order chi connectivity index (χ1) is 12.3. The third-order valence-corrected chi connectivity index (χ3v) is 4.37. The summed E-state index contributed by atoms with van der Waals surface area (Å²) < 4.78 is 67.9. The van der Waals surface area contributed by atoms with Crippen LogP contribution in [0.25, 0.3) is 0 Å². The van der Waals surface area contributed by atoms with Crippen LogP contribution in [0.3, 0.4) is 0 Å². The maximum atomic E-state index is 12.8. The molecule has 0 spiro atoms. The number of rotatable bonds is 4. The maximum Gasteiger partial charge on any atom is 0.418 e. The van der Waals surface area contributed by atoms with Gasteiger partial charge in [-0.2, -0.15) is 22.0 Å². The molecule has 0 amide bonds. The summed E-state index contributed by atoms with van der Waals surface area (Å²) in [6, 6.07) is 1.88. The molecular weight excluding hydrogens is 381 g/mol. The second kappa shape index (κ2) is 7.22. The van der Waals surface area contributed by atoms with Gasteiger partial charge in [0.2, 0.25) is 0 Å². The van der Waals surface area contributed by atoms with Crippen LogP contribution in [0.2, 0.25) is 5.15 Å². The van der Waals surface area contributed by atoms with E-state index in [0.29, 0.717) is 30.3 Å². The molecule has 0 fully saturated rings. The Hall–Kier alpha value is -2.16. The quantitative estimate of drug-likeness (QED) is 0.570. The lowest BCUT2D eigenvalue weighted by Crippen LogP contribution is -2.20. The van der Waals surface area contributed by atoms with Crippen molar-refractivity contribution in [3.63, 3.8) is 0 Å². The van der Waals surface area contributed by atoms with Gasteiger partial charge in [0.15, 0.2) is 11.6 Å². The van der Waals surface area contributed by atoms with E-state index in [-0.39, 0.29) is 11.9 Å². The summed E-state index contributed by atoms with van der Waals surface area (Å²) in [5, 5.41) is 3.24. The molecule has 0 aliphatic heterocycles. The lowest BCUT2D eigenvalue weighted by atomic mass is 9.89. The first-order valence-corrected chi connectivity index (χ1v) is 8.05. The molecule has 2 aromatic rings. The van der Waals surface area contributed by atoms with Crippen LogP contribution < -0.4 is 10.1 Å². The Kier molecular flexibility index (Phi) is 5.17. The molecule has 0 saturated heterocycles. The van der Waals surface area contributed by atoms with Gasteiger partial charge < -0.3 is 10.1 Å². The SMILES string of the molecule is FC(F)Oc1cc(C(F)(F)F)cnc1NC1CCCc2c1ccnc2Cl. The predicted molar refractivity (Wildman–Crippen MR) is 84.4 cm³/mol. The van der Waals surface area contributed by atoms with E-state index in [1.54, 1.807) is 6.07 Å². The molecular formula is C16H13ClF5N3O. The lowest BCUT2D eigenvalue weighted by molar-refractivity contribution is -0.138. The van der Waals surface area contributed by atoms with E-state index < -0.39 is 24.1 Å². The molecule has 2 aromatic heterocycles. The number of anilines is 1. The number of pyridine rings is 2. The fraction of sp³-hybridized carbons (Fsp3) is 0.375. The number of nitrogens with one attached hydrogen (secondary N) is 1. The molecule has 26 heavy (non-hydrogen) atoms. The van der Waals surface area contributed by atoms with Crippen molar-refractivity contribution in [2.24, 2.45) is 0 Å². The number of ether oxygens (including phenoxy) is 1. The van der Waals surface area contributed by atoms with Gasteiger partial charge in [-0.25, -0.2) is 9.97 Å². The molecule has 0 bridgehead atoms. The molecule has 3 rings (SSSR count). The van der Waals surface area contributed by atoms with Crippen molar-refractivity contribution in [2.75, 3.05) is 5.32 Å². The van der Waals surface area contributed by atoms with E-state index in [4.69, 9.17) is 11.6 Å². The van der Waals surface area contributed by atoms with Crippen LogP contribution in [0.5, 0.6) is 5.75 Å². The Labute approximate surface area is 150 Å². The average Bonchev–Trinajstić information content (AvgIpc) is 2.56. The van der Waals surface area contributed by atoms with Gasteiger partial charge in [0, 0.05) is 12.4 Å². The number of hydrogen-bond acceptors (Lipinski definition) is 4. The van der Waals surface area contributed by atoms with Crippen molar-refractivity contribution in [2.45, 2.75) is 38.1 Å². The van der Waals surface area contributed by atoms with E-state index in [1.165, 1.54) is 6.20 Å². The predicted octanol–water partition coefficient (Wildman–Crippen LogP) is 5.24. The van der Waals surface area contributed by atoms with Crippen molar-refractivity contribution >= 4 is 17.4 Å². The summed E-state index contributed by atoms with van der Waals surface area (Å²) in [6.07, 6.45) is -0.544. The third kappa shape index (κ3) is 3.98. The zero-order chi connectivity index (χ0) is 18.9. The lowest BCUT2D eigenvalue weighted by Gasteiger charge is -2.27. The molecule has 1 unspecified atom stereocenters. The number of aromatic nitrogens is 2. The first-order valence-electron chi connectivity index (χ1n) is 7.67. The van der Waals surface area contributed by atoms with E-state index >= 15 is 0 Å². The molecule has 0 saturated carbocycles. The second-order valence-electron chi connectivity index (χ2n) is 5.71.